The van der Waals surface area contributed by atoms with Crippen molar-refractivity contribution < 1.29 is 13.6 Å². The molecular formula is C10H10F2N2O. The number of nitrogens with one attached hydrogen (secondary N) is 1. The molecule has 80 valence electrons. The van der Waals surface area contributed by atoms with Crippen LogP contribution in [0.3, 0.4) is 0 Å². The van der Waals surface area contributed by atoms with E-state index in [1.807, 2.05) is 0 Å². The highest BCUT2D eigenvalue weighted by atomic mass is 19.3. The summed E-state index contributed by atoms with van der Waals surface area (Å²) in [4.78, 5) is 10.8. The Morgan fingerprint density at radius 1 is 1.20 bits per heavy atom. The number of hydrogen-bond donors (Lipinski definition) is 2. The van der Waals surface area contributed by atoms with Crippen molar-refractivity contribution in [2.24, 2.45) is 5.84 Å². The fraction of sp³-hybridized carbons (Fsp3) is 0.100. The van der Waals surface area contributed by atoms with Crippen LogP contribution in [0.1, 0.15) is 0 Å². The molecule has 15 heavy (non-hydrogen) atoms. The standard InChI is InChI=1S/C10H10F2N2O/c11-10(12,9(15)14-13)8-6-4-2-1-3-5-7-8/h1-7H,13H2,(H,14,15)/b2-1-,3-1?,4-2?,5-3-,6-4-,7-5?,8-6?,8-7+. The highest BCUT2D eigenvalue weighted by molar-refractivity contribution is 5.87. The minimum atomic E-state index is -3.62. The van der Waals surface area contributed by atoms with Crippen LogP contribution in [0.4, 0.5) is 8.78 Å². The molecule has 0 saturated carbocycles. The van der Waals surface area contributed by atoms with Gasteiger partial charge in [-0.15, -0.1) is 0 Å². The molecule has 3 N–H and O–H groups in total. The Labute approximate surface area is 85.6 Å². The maximum Gasteiger partial charge on any atom is 0.351 e. The van der Waals surface area contributed by atoms with Crippen LogP contribution >= 0.6 is 0 Å². The van der Waals surface area contributed by atoms with E-state index in [1.54, 1.807) is 18.2 Å². The van der Waals surface area contributed by atoms with Crippen molar-refractivity contribution in [2.75, 3.05) is 0 Å². The molecule has 0 saturated heterocycles. The zero-order valence-electron chi connectivity index (χ0n) is 7.78. The molecule has 0 heterocycles. The molecule has 0 radical (unpaired) electrons. The van der Waals surface area contributed by atoms with Gasteiger partial charge in [-0.1, -0.05) is 42.5 Å². The lowest BCUT2D eigenvalue weighted by molar-refractivity contribution is -0.140. The third kappa shape index (κ3) is 2.60. The summed E-state index contributed by atoms with van der Waals surface area (Å²) >= 11 is 0. The highest BCUT2D eigenvalue weighted by Gasteiger charge is 2.41. The van der Waals surface area contributed by atoms with Crippen molar-refractivity contribution in [1.82, 2.24) is 5.43 Å². The molecule has 0 unspecified atom stereocenters. The molecule has 3 nitrogen and oxygen atoms in total. The van der Waals surface area contributed by atoms with Crippen molar-refractivity contribution in [3.63, 3.8) is 0 Å². The normalized spacial score (nSPS) is 25.4. The number of nitrogens with two attached hydrogens (primary N) is 1. The zero-order valence-corrected chi connectivity index (χ0v) is 7.78. The van der Waals surface area contributed by atoms with Gasteiger partial charge in [-0.3, -0.25) is 10.2 Å². The Morgan fingerprint density at radius 3 is 2.47 bits per heavy atom. The number of alkyl halides is 2. The highest BCUT2D eigenvalue weighted by Crippen LogP contribution is 2.25. The van der Waals surface area contributed by atoms with Crippen molar-refractivity contribution in [3.8, 4) is 0 Å². The fourth-order valence-corrected chi connectivity index (χ4v) is 0.998. The molecule has 5 heteroatoms. The molecule has 1 rings (SSSR count). The molecule has 1 aliphatic rings. The van der Waals surface area contributed by atoms with Crippen LogP contribution in [0.25, 0.3) is 0 Å². The molecular weight excluding hydrogens is 202 g/mol. The van der Waals surface area contributed by atoms with Crippen molar-refractivity contribution in [1.29, 1.82) is 0 Å². The van der Waals surface area contributed by atoms with E-state index in [0.717, 1.165) is 12.2 Å². The van der Waals surface area contributed by atoms with E-state index < -0.39 is 17.4 Å². The predicted octanol–water partition coefficient (Wildman–Crippen LogP) is 1.22. The van der Waals surface area contributed by atoms with Crippen LogP contribution in [0, 0.1) is 0 Å². The van der Waals surface area contributed by atoms with Gasteiger partial charge in [0.25, 0.3) is 0 Å². The lowest BCUT2D eigenvalue weighted by atomic mass is 10.1. The summed E-state index contributed by atoms with van der Waals surface area (Å²) in [5.41, 5.74) is 1.02. The van der Waals surface area contributed by atoms with Crippen molar-refractivity contribution >= 4 is 5.91 Å². The second-order valence-corrected chi connectivity index (χ2v) is 2.80. The summed E-state index contributed by atoms with van der Waals surface area (Å²) in [5.74, 6) is -0.483. The Kier molecular flexibility index (Phi) is 3.51. The van der Waals surface area contributed by atoms with Gasteiger partial charge in [-0.2, -0.15) is 8.78 Å². The first-order valence-corrected chi connectivity index (χ1v) is 4.20. The quantitative estimate of drug-likeness (QED) is 0.411. The van der Waals surface area contributed by atoms with Gasteiger partial charge < -0.3 is 0 Å². The molecule has 0 aromatic heterocycles. The van der Waals surface area contributed by atoms with Gasteiger partial charge >= 0.3 is 11.8 Å². The van der Waals surface area contributed by atoms with Gasteiger partial charge in [0.2, 0.25) is 0 Å². The molecule has 0 fully saturated rings. The molecule has 0 bridgehead atoms. The molecule has 0 atom stereocenters. The largest absolute Gasteiger partial charge is 0.351 e. The Morgan fingerprint density at radius 2 is 1.80 bits per heavy atom. The first-order chi connectivity index (χ1) is 7.09. The summed E-state index contributed by atoms with van der Waals surface area (Å²) in [6.07, 6.45) is 10.0. The molecule has 0 aliphatic heterocycles. The summed E-state index contributed by atoms with van der Waals surface area (Å²) in [6, 6.07) is 0. The van der Waals surface area contributed by atoms with Gasteiger partial charge in [0.1, 0.15) is 0 Å². The number of amides is 1. The van der Waals surface area contributed by atoms with Crippen LogP contribution in [0.5, 0.6) is 0 Å². The summed E-state index contributed by atoms with van der Waals surface area (Å²) in [6.45, 7) is 0. The lowest BCUT2D eigenvalue weighted by Gasteiger charge is -2.15. The number of halogens is 2. The first-order valence-electron chi connectivity index (χ1n) is 4.20. The van der Waals surface area contributed by atoms with Gasteiger partial charge in [-0.05, 0) is 0 Å². The summed E-state index contributed by atoms with van der Waals surface area (Å²) in [7, 11) is 0. The van der Waals surface area contributed by atoms with E-state index in [-0.39, 0.29) is 0 Å². The third-order valence-corrected chi connectivity index (χ3v) is 1.77. The van der Waals surface area contributed by atoms with E-state index in [9.17, 15) is 13.6 Å². The maximum atomic E-state index is 13.3. The number of rotatable bonds is 2. The maximum absolute atomic E-state index is 13.3. The van der Waals surface area contributed by atoms with E-state index >= 15 is 0 Å². The average molecular weight is 212 g/mol. The molecule has 0 aromatic rings. The van der Waals surface area contributed by atoms with Crippen LogP contribution in [0.15, 0.2) is 48.1 Å². The number of allylic oxidation sites excluding steroid dienone is 7. The molecule has 0 aromatic carbocycles. The number of carbonyl (C=O) groups excluding carboxylic acids is 1. The van der Waals surface area contributed by atoms with Gasteiger partial charge in [0, 0.05) is 5.57 Å². The van der Waals surface area contributed by atoms with E-state index in [1.165, 1.54) is 17.6 Å². The van der Waals surface area contributed by atoms with Gasteiger partial charge in [0.15, 0.2) is 0 Å². The second-order valence-electron chi connectivity index (χ2n) is 2.80. The fourth-order valence-electron chi connectivity index (χ4n) is 0.998. The van der Waals surface area contributed by atoms with Crippen LogP contribution < -0.4 is 11.3 Å². The van der Waals surface area contributed by atoms with E-state index in [4.69, 9.17) is 0 Å². The number of hydrazine groups is 1. The molecule has 1 amide bonds. The molecule has 0 spiro atoms. The topological polar surface area (TPSA) is 55.1 Å². The minimum Gasteiger partial charge on any atom is -0.289 e. The minimum absolute atomic E-state index is 0.411. The zero-order chi connectivity index (χ0) is 11.3. The SMILES string of the molecule is NNC(=O)C(F)(F)C1=C/C=C\C=C/C=C\1. The Balaban J connectivity index is 3.00. The molecule has 1 aliphatic carbocycles. The van der Waals surface area contributed by atoms with Crippen LogP contribution in [-0.2, 0) is 4.79 Å². The Hall–Kier alpha value is -1.75. The second kappa shape index (κ2) is 4.65. The monoisotopic (exact) mass is 212 g/mol. The number of carbonyl (C=O) groups is 1. The lowest BCUT2D eigenvalue weighted by Crippen LogP contribution is -2.44. The van der Waals surface area contributed by atoms with E-state index in [2.05, 4.69) is 5.84 Å². The third-order valence-electron chi connectivity index (χ3n) is 1.77. The van der Waals surface area contributed by atoms with Gasteiger partial charge in [-0.25, -0.2) is 5.84 Å². The Bertz CT molecular complexity index is 368. The van der Waals surface area contributed by atoms with Crippen LogP contribution in [0.2, 0.25) is 0 Å². The average Bonchev–Trinajstić information content (AvgIpc) is 2.15. The summed E-state index contributed by atoms with van der Waals surface area (Å²) in [5, 5.41) is 0. The van der Waals surface area contributed by atoms with Crippen LogP contribution in [-0.4, -0.2) is 11.8 Å². The van der Waals surface area contributed by atoms with Gasteiger partial charge in [0.05, 0.1) is 0 Å². The smallest absolute Gasteiger partial charge is 0.289 e. The predicted molar refractivity (Wildman–Crippen MR) is 52.8 cm³/mol. The van der Waals surface area contributed by atoms with Crippen molar-refractivity contribution in [3.05, 3.63) is 48.1 Å². The number of hydrogen-bond acceptors (Lipinski definition) is 2. The first kappa shape index (κ1) is 11.3. The van der Waals surface area contributed by atoms with E-state index in [0.29, 0.717) is 0 Å². The summed E-state index contributed by atoms with van der Waals surface area (Å²) < 4.78 is 26.7. The van der Waals surface area contributed by atoms with Crippen molar-refractivity contribution in [2.45, 2.75) is 5.92 Å².